The monoisotopic (exact) mass is 426 g/mol. The third-order valence-electron chi connectivity index (χ3n) is 6.22. The van der Waals surface area contributed by atoms with Gasteiger partial charge in [-0.3, -0.25) is 4.79 Å². The maximum Gasteiger partial charge on any atom is 0.255 e. The Labute approximate surface area is 187 Å². The molecule has 1 amide bonds. The summed E-state index contributed by atoms with van der Waals surface area (Å²) in [7, 11) is 3.33. The summed E-state index contributed by atoms with van der Waals surface area (Å²) in [5.41, 5.74) is 5.78. The van der Waals surface area contributed by atoms with Gasteiger partial charge >= 0.3 is 0 Å². The zero-order valence-electron chi connectivity index (χ0n) is 18.5. The number of hydrogen-bond donors (Lipinski definition) is 1. The minimum absolute atomic E-state index is 0.0845. The van der Waals surface area contributed by atoms with Crippen LogP contribution in [0.25, 0.3) is 22.2 Å². The molecule has 0 radical (unpaired) electrons. The third-order valence-corrected chi connectivity index (χ3v) is 6.22. The molecule has 1 unspecified atom stereocenters. The van der Waals surface area contributed by atoms with Crippen LogP contribution in [0.2, 0.25) is 0 Å². The maximum atomic E-state index is 13.4. The molecule has 5 rings (SSSR count). The minimum Gasteiger partial charge on any atom is -0.497 e. The Morgan fingerprint density at radius 3 is 2.50 bits per heavy atom. The van der Waals surface area contributed by atoms with Crippen molar-refractivity contribution >= 4 is 16.8 Å². The van der Waals surface area contributed by atoms with Gasteiger partial charge in [0.1, 0.15) is 11.5 Å². The number of hydrogen-bond acceptors (Lipinski definition) is 3. The maximum absolute atomic E-state index is 13.4. The Morgan fingerprint density at radius 2 is 1.72 bits per heavy atom. The lowest BCUT2D eigenvalue weighted by Crippen LogP contribution is -2.29. The van der Waals surface area contributed by atoms with Gasteiger partial charge in [0, 0.05) is 34.1 Å². The number of rotatable bonds is 6. The van der Waals surface area contributed by atoms with E-state index in [4.69, 9.17) is 9.47 Å². The van der Waals surface area contributed by atoms with Gasteiger partial charge in [-0.05, 0) is 42.3 Å². The highest BCUT2D eigenvalue weighted by Gasteiger charge is 2.39. The van der Waals surface area contributed by atoms with Crippen LogP contribution in [-0.4, -0.2) is 36.6 Å². The minimum atomic E-state index is -0.180. The second-order valence-electron chi connectivity index (χ2n) is 8.01. The summed E-state index contributed by atoms with van der Waals surface area (Å²) < 4.78 is 11.2. The van der Waals surface area contributed by atoms with Crippen LogP contribution < -0.4 is 9.47 Å². The number of aromatic amines is 1. The van der Waals surface area contributed by atoms with Gasteiger partial charge in [-0.15, -0.1) is 0 Å². The lowest BCUT2D eigenvalue weighted by atomic mass is 9.92. The Kier molecular flexibility index (Phi) is 5.10. The first-order valence-electron chi connectivity index (χ1n) is 10.9. The highest BCUT2D eigenvalue weighted by atomic mass is 16.5. The predicted octanol–water partition coefficient (Wildman–Crippen LogP) is 5.81. The van der Waals surface area contributed by atoms with Crippen molar-refractivity contribution in [1.82, 2.24) is 9.88 Å². The smallest absolute Gasteiger partial charge is 0.255 e. The third kappa shape index (κ3) is 3.04. The standard InChI is InChI=1S/C27H26N2O3/c1-4-15-29-26(18-9-5-6-10-19(18)27(29)30)24-20-11-7-8-12-22(20)28-25(24)21-16-17(31-2)13-14-23(21)32-3/h5-14,16,26,28H,4,15H2,1-3H3. The average molecular weight is 427 g/mol. The quantitative estimate of drug-likeness (QED) is 0.423. The number of carbonyl (C=O) groups excluding carboxylic acids is 1. The molecule has 4 aromatic rings. The molecule has 162 valence electrons. The Hall–Kier alpha value is -3.73. The average Bonchev–Trinajstić information content (AvgIpc) is 3.34. The molecule has 0 fully saturated rings. The number of carbonyl (C=O) groups is 1. The van der Waals surface area contributed by atoms with E-state index >= 15 is 0 Å². The molecule has 0 saturated heterocycles. The molecule has 1 aromatic heterocycles. The second-order valence-corrected chi connectivity index (χ2v) is 8.01. The number of nitrogens with zero attached hydrogens (tertiary/aromatic N) is 1. The lowest BCUT2D eigenvalue weighted by molar-refractivity contribution is 0.0751. The topological polar surface area (TPSA) is 54.6 Å². The summed E-state index contributed by atoms with van der Waals surface area (Å²) in [4.78, 5) is 19.0. The molecule has 0 aliphatic carbocycles. The number of H-pyrrole nitrogens is 1. The van der Waals surface area contributed by atoms with Crippen LogP contribution in [0.1, 0.15) is 40.9 Å². The molecule has 2 heterocycles. The Bertz CT molecular complexity index is 1310. The molecule has 0 saturated carbocycles. The molecule has 1 aliphatic rings. The number of benzene rings is 3. The second kappa shape index (κ2) is 8.08. The van der Waals surface area contributed by atoms with E-state index in [1.165, 1.54) is 0 Å². The van der Waals surface area contributed by atoms with Crippen LogP contribution in [0.5, 0.6) is 11.5 Å². The molecular formula is C27H26N2O3. The molecule has 1 aliphatic heterocycles. The number of amides is 1. The van der Waals surface area contributed by atoms with Crippen molar-refractivity contribution in [2.45, 2.75) is 19.4 Å². The van der Waals surface area contributed by atoms with E-state index in [1.54, 1.807) is 14.2 Å². The number of methoxy groups -OCH3 is 2. The van der Waals surface area contributed by atoms with Gasteiger partial charge in [-0.2, -0.15) is 0 Å². The number of ether oxygens (including phenoxy) is 2. The number of para-hydroxylation sites is 1. The van der Waals surface area contributed by atoms with Gasteiger partial charge in [0.25, 0.3) is 5.91 Å². The van der Waals surface area contributed by atoms with Gasteiger partial charge in [-0.1, -0.05) is 43.3 Å². The summed E-state index contributed by atoms with van der Waals surface area (Å²) in [6, 6.07) is 21.8. The van der Waals surface area contributed by atoms with E-state index in [0.29, 0.717) is 6.54 Å². The van der Waals surface area contributed by atoms with Gasteiger partial charge in [-0.25, -0.2) is 0 Å². The van der Waals surface area contributed by atoms with Crippen LogP contribution in [0.4, 0.5) is 0 Å². The van der Waals surface area contributed by atoms with Crippen molar-refractivity contribution in [3.8, 4) is 22.8 Å². The molecule has 0 spiro atoms. The largest absolute Gasteiger partial charge is 0.497 e. The zero-order chi connectivity index (χ0) is 22.2. The van der Waals surface area contributed by atoms with Crippen molar-refractivity contribution in [3.05, 3.63) is 83.4 Å². The highest BCUT2D eigenvalue weighted by Crippen LogP contribution is 2.47. The molecule has 0 bridgehead atoms. The molecular weight excluding hydrogens is 400 g/mol. The van der Waals surface area contributed by atoms with Gasteiger partial charge in [0.2, 0.25) is 0 Å². The Morgan fingerprint density at radius 1 is 0.938 bits per heavy atom. The lowest BCUT2D eigenvalue weighted by Gasteiger charge is -2.26. The fraction of sp³-hybridized carbons (Fsp3) is 0.222. The molecule has 1 N–H and O–H groups in total. The predicted molar refractivity (Wildman–Crippen MR) is 126 cm³/mol. The van der Waals surface area contributed by atoms with Crippen LogP contribution in [-0.2, 0) is 0 Å². The van der Waals surface area contributed by atoms with Crippen molar-refractivity contribution in [1.29, 1.82) is 0 Å². The number of aromatic nitrogens is 1. The van der Waals surface area contributed by atoms with E-state index in [2.05, 4.69) is 30.1 Å². The van der Waals surface area contributed by atoms with E-state index in [-0.39, 0.29) is 11.9 Å². The fourth-order valence-corrected chi connectivity index (χ4v) is 4.82. The van der Waals surface area contributed by atoms with Crippen molar-refractivity contribution in [2.24, 2.45) is 0 Å². The SMILES string of the molecule is CCCN1C(=O)c2ccccc2C1c1c(-c2cc(OC)ccc2OC)[nH]c2ccccc12. The molecule has 5 heteroatoms. The molecule has 5 nitrogen and oxygen atoms in total. The molecule has 32 heavy (non-hydrogen) atoms. The van der Waals surface area contributed by atoms with Crippen LogP contribution in [0, 0.1) is 0 Å². The highest BCUT2D eigenvalue weighted by molar-refractivity contribution is 6.02. The van der Waals surface area contributed by atoms with Crippen LogP contribution >= 0.6 is 0 Å². The summed E-state index contributed by atoms with van der Waals surface area (Å²) >= 11 is 0. The first kappa shape index (κ1) is 20.2. The zero-order valence-corrected chi connectivity index (χ0v) is 18.5. The van der Waals surface area contributed by atoms with E-state index < -0.39 is 0 Å². The Balaban J connectivity index is 1.83. The van der Waals surface area contributed by atoms with Crippen molar-refractivity contribution in [2.75, 3.05) is 20.8 Å². The van der Waals surface area contributed by atoms with Gasteiger partial charge in [0.05, 0.1) is 26.0 Å². The van der Waals surface area contributed by atoms with Crippen LogP contribution in [0.3, 0.4) is 0 Å². The van der Waals surface area contributed by atoms with Gasteiger partial charge in [0.15, 0.2) is 0 Å². The summed E-state index contributed by atoms with van der Waals surface area (Å²) in [5, 5.41) is 1.10. The number of nitrogens with one attached hydrogen (secondary N) is 1. The number of fused-ring (bicyclic) bond motifs is 2. The van der Waals surface area contributed by atoms with Crippen LogP contribution in [0.15, 0.2) is 66.7 Å². The fourth-order valence-electron chi connectivity index (χ4n) is 4.82. The van der Waals surface area contributed by atoms with E-state index in [9.17, 15) is 4.79 Å². The summed E-state index contributed by atoms with van der Waals surface area (Å²) in [6.07, 6.45) is 0.885. The normalized spacial score (nSPS) is 15.3. The first-order chi connectivity index (χ1) is 15.7. The van der Waals surface area contributed by atoms with E-state index in [0.717, 1.165) is 56.8 Å². The molecule has 1 atom stereocenters. The van der Waals surface area contributed by atoms with Crippen molar-refractivity contribution < 1.29 is 14.3 Å². The van der Waals surface area contributed by atoms with Gasteiger partial charge < -0.3 is 19.4 Å². The summed E-state index contributed by atoms with van der Waals surface area (Å²) in [6.45, 7) is 2.79. The molecule has 3 aromatic carbocycles. The summed E-state index contributed by atoms with van der Waals surface area (Å²) in [5.74, 6) is 1.58. The van der Waals surface area contributed by atoms with E-state index in [1.807, 2.05) is 53.4 Å². The van der Waals surface area contributed by atoms with Crippen molar-refractivity contribution in [3.63, 3.8) is 0 Å². The first-order valence-corrected chi connectivity index (χ1v) is 10.9.